The van der Waals surface area contributed by atoms with E-state index < -0.39 is 0 Å². The molecule has 0 radical (unpaired) electrons. The van der Waals surface area contributed by atoms with E-state index in [0.717, 1.165) is 17.9 Å². The molecule has 8 nitrogen and oxygen atoms in total. The highest BCUT2D eigenvalue weighted by atomic mass is 16.5. The van der Waals surface area contributed by atoms with Gasteiger partial charge in [0, 0.05) is 41.4 Å². The number of benzene rings is 2. The molecule has 150 valence electrons. The van der Waals surface area contributed by atoms with Crippen LogP contribution >= 0.6 is 0 Å². The largest absolute Gasteiger partial charge is 0.497 e. The van der Waals surface area contributed by atoms with Gasteiger partial charge in [0.15, 0.2) is 0 Å². The summed E-state index contributed by atoms with van der Waals surface area (Å²) in [6, 6.07) is 16.1. The number of rotatable bonds is 7. The van der Waals surface area contributed by atoms with Gasteiger partial charge in [-0.3, -0.25) is 0 Å². The molecule has 29 heavy (non-hydrogen) atoms. The molecule has 2 amide bonds. The zero-order valence-corrected chi connectivity index (χ0v) is 16.6. The second-order valence-electron chi connectivity index (χ2n) is 6.26. The van der Waals surface area contributed by atoms with E-state index in [1.165, 1.54) is 0 Å². The van der Waals surface area contributed by atoms with Gasteiger partial charge in [0.25, 0.3) is 0 Å². The molecule has 3 aromatic rings. The zero-order valence-electron chi connectivity index (χ0n) is 16.6. The highest BCUT2D eigenvalue weighted by Crippen LogP contribution is 2.20. The van der Waals surface area contributed by atoms with Crippen molar-refractivity contribution in [1.82, 2.24) is 9.97 Å². The Kier molecular flexibility index (Phi) is 6.47. The normalized spacial score (nSPS) is 10.2. The minimum atomic E-state index is -0.333. The average molecular weight is 392 g/mol. The van der Waals surface area contributed by atoms with Crippen LogP contribution in [0, 0.1) is 6.92 Å². The van der Waals surface area contributed by atoms with E-state index in [9.17, 15) is 4.79 Å². The fourth-order valence-corrected chi connectivity index (χ4v) is 2.65. The fourth-order valence-electron chi connectivity index (χ4n) is 2.65. The van der Waals surface area contributed by atoms with Gasteiger partial charge in [-0.1, -0.05) is 6.07 Å². The van der Waals surface area contributed by atoms with Crippen molar-refractivity contribution in [2.24, 2.45) is 0 Å². The fraction of sp³-hybridized carbons (Fsp3) is 0.190. The standard InChI is InChI=1S/C21H24N6O2/c1-4-22-20-23-14(2)12-19(27-20)24-15-8-10-16(11-9-15)25-21(28)26-17-6-5-7-18(13-17)29-3/h5-13H,4H2,1-3H3,(H2,25,26,28)(H2,22,23,24,27). The number of amides is 2. The number of urea groups is 1. The van der Waals surface area contributed by atoms with Crippen LogP contribution < -0.4 is 26.0 Å². The van der Waals surface area contributed by atoms with Gasteiger partial charge in [-0.05, 0) is 50.2 Å². The number of hydrogen-bond donors (Lipinski definition) is 4. The van der Waals surface area contributed by atoms with Crippen molar-refractivity contribution in [1.29, 1.82) is 0 Å². The monoisotopic (exact) mass is 392 g/mol. The summed E-state index contributed by atoms with van der Waals surface area (Å²) < 4.78 is 5.15. The molecule has 8 heteroatoms. The molecule has 2 aromatic carbocycles. The molecule has 1 heterocycles. The summed E-state index contributed by atoms with van der Waals surface area (Å²) in [4.78, 5) is 21.0. The number of anilines is 5. The maximum absolute atomic E-state index is 12.2. The number of nitrogens with one attached hydrogen (secondary N) is 4. The SMILES string of the molecule is CCNc1nc(C)cc(Nc2ccc(NC(=O)Nc3cccc(OC)c3)cc2)n1. The molecule has 0 aliphatic heterocycles. The van der Waals surface area contributed by atoms with Gasteiger partial charge in [-0.2, -0.15) is 4.98 Å². The second-order valence-corrected chi connectivity index (χ2v) is 6.26. The van der Waals surface area contributed by atoms with Crippen molar-refractivity contribution in [3.05, 3.63) is 60.3 Å². The van der Waals surface area contributed by atoms with Crippen molar-refractivity contribution in [2.75, 3.05) is 34.9 Å². The molecule has 0 bridgehead atoms. The van der Waals surface area contributed by atoms with Crippen molar-refractivity contribution >= 4 is 34.9 Å². The van der Waals surface area contributed by atoms with Gasteiger partial charge < -0.3 is 26.0 Å². The van der Waals surface area contributed by atoms with Gasteiger partial charge >= 0.3 is 6.03 Å². The first-order valence-corrected chi connectivity index (χ1v) is 9.24. The zero-order chi connectivity index (χ0) is 20.6. The smallest absolute Gasteiger partial charge is 0.323 e. The lowest BCUT2D eigenvalue weighted by molar-refractivity contribution is 0.262. The summed E-state index contributed by atoms with van der Waals surface area (Å²) in [7, 11) is 1.58. The molecular formula is C21H24N6O2. The van der Waals surface area contributed by atoms with Crippen molar-refractivity contribution in [3.8, 4) is 5.75 Å². The molecule has 0 saturated carbocycles. The summed E-state index contributed by atoms with van der Waals surface area (Å²) in [6.07, 6.45) is 0. The first-order chi connectivity index (χ1) is 14.1. The number of carbonyl (C=O) groups excluding carboxylic acids is 1. The van der Waals surface area contributed by atoms with Crippen LogP contribution in [-0.4, -0.2) is 29.7 Å². The first kappa shape index (κ1) is 19.9. The highest BCUT2D eigenvalue weighted by Gasteiger charge is 2.05. The Labute approximate surface area is 169 Å². The van der Waals surface area contributed by atoms with Crippen LogP contribution in [0.2, 0.25) is 0 Å². The summed E-state index contributed by atoms with van der Waals surface area (Å²) in [6.45, 7) is 4.66. The Hall–Kier alpha value is -3.81. The predicted octanol–water partition coefficient (Wildman–Crippen LogP) is 4.61. The molecule has 0 unspecified atom stereocenters. The summed E-state index contributed by atoms with van der Waals surface area (Å²) in [5.41, 5.74) is 3.04. The lowest BCUT2D eigenvalue weighted by Gasteiger charge is -2.11. The van der Waals surface area contributed by atoms with Crippen LogP contribution in [0.25, 0.3) is 0 Å². The molecule has 0 atom stereocenters. The van der Waals surface area contributed by atoms with E-state index in [4.69, 9.17) is 4.74 Å². The maximum Gasteiger partial charge on any atom is 0.323 e. The van der Waals surface area contributed by atoms with Crippen LogP contribution in [0.4, 0.5) is 33.6 Å². The Morgan fingerprint density at radius 3 is 2.41 bits per heavy atom. The number of aromatic nitrogens is 2. The van der Waals surface area contributed by atoms with E-state index in [0.29, 0.717) is 28.9 Å². The highest BCUT2D eigenvalue weighted by molar-refractivity contribution is 5.99. The van der Waals surface area contributed by atoms with E-state index in [2.05, 4.69) is 31.2 Å². The second kappa shape index (κ2) is 9.41. The molecule has 0 aliphatic rings. The van der Waals surface area contributed by atoms with Crippen molar-refractivity contribution in [3.63, 3.8) is 0 Å². The molecular weight excluding hydrogens is 368 g/mol. The topological polar surface area (TPSA) is 100 Å². The Bertz CT molecular complexity index is 975. The molecule has 0 spiro atoms. The summed E-state index contributed by atoms with van der Waals surface area (Å²) in [5, 5.41) is 11.9. The van der Waals surface area contributed by atoms with Gasteiger partial charge in [-0.25, -0.2) is 9.78 Å². The van der Waals surface area contributed by atoms with Crippen LogP contribution in [-0.2, 0) is 0 Å². The lowest BCUT2D eigenvalue weighted by atomic mass is 10.2. The lowest BCUT2D eigenvalue weighted by Crippen LogP contribution is -2.19. The minimum Gasteiger partial charge on any atom is -0.497 e. The predicted molar refractivity (Wildman–Crippen MR) is 116 cm³/mol. The summed E-state index contributed by atoms with van der Waals surface area (Å²) in [5.74, 6) is 1.96. The molecule has 3 rings (SSSR count). The molecule has 4 N–H and O–H groups in total. The third kappa shape index (κ3) is 5.83. The molecule has 0 aliphatic carbocycles. The van der Waals surface area contributed by atoms with Gasteiger partial charge in [0.1, 0.15) is 11.6 Å². The molecule has 0 saturated heterocycles. The maximum atomic E-state index is 12.2. The number of ether oxygens (including phenoxy) is 1. The molecule has 1 aromatic heterocycles. The van der Waals surface area contributed by atoms with Gasteiger partial charge in [-0.15, -0.1) is 0 Å². The van der Waals surface area contributed by atoms with Gasteiger partial charge in [0.05, 0.1) is 7.11 Å². The van der Waals surface area contributed by atoms with E-state index >= 15 is 0 Å². The van der Waals surface area contributed by atoms with Crippen molar-refractivity contribution in [2.45, 2.75) is 13.8 Å². The average Bonchev–Trinajstić information content (AvgIpc) is 2.69. The number of aryl methyl sites for hydroxylation is 1. The van der Waals surface area contributed by atoms with E-state index in [-0.39, 0.29) is 6.03 Å². The summed E-state index contributed by atoms with van der Waals surface area (Å²) >= 11 is 0. The number of nitrogens with zero attached hydrogens (tertiary/aromatic N) is 2. The first-order valence-electron chi connectivity index (χ1n) is 9.24. The minimum absolute atomic E-state index is 0.333. The van der Waals surface area contributed by atoms with Crippen LogP contribution in [0.15, 0.2) is 54.6 Å². The number of hydrogen-bond acceptors (Lipinski definition) is 6. The Balaban J connectivity index is 1.60. The Morgan fingerprint density at radius 1 is 0.966 bits per heavy atom. The van der Waals surface area contributed by atoms with Crippen molar-refractivity contribution < 1.29 is 9.53 Å². The van der Waals surface area contributed by atoms with E-state index in [1.54, 1.807) is 19.2 Å². The molecule has 0 fully saturated rings. The Morgan fingerprint density at radius 2 is 1.69 bits per heavy atom. The van der Waals surface area contributed by atoms with Crippen LogP contribution in [0.3, 0.4) is 0 Å². The quantitative estimate of drug-likeness (QED) is 0.468. The van der Waals surface area contributed by atoms with Crippen LogP contribution in [0.5, 0.6) is 5.75 Å². The number of methoxy groups -OCH3 is 1. The number of carbonyl (C=O) groups is 1. The third-order valence-corrected chi connectivity index (χ3v) is 3.93. The van der Waals surface area contributed by atoms with Gasteiger partial charge in [0.2, 0.25) is 5.95 Å². The van der Waals surface area contributed by atoms with E-state index in [1.807, 2.05) is 56.3 Å². The van der Waals surface area contributed by atoms with Crippen LogP contribution in [0.1, 0.15) is 12.6 Å². The third-order valence-electron chi connectivity index (χ3n) is 3.93.